The zero-order chi connectivity index (χ0) is 21.7. The fraction of sp³-hybridized carbons (Fsp3) is 0.421. The number of aliphatic carboxylic acids is 1. The highest BCUT2D eigenvalue weighted by atomic mass is 32.2. The number of amides is 3. The summed E-state index contributed by atoms with van der Waals surface area (Å²) in [7, 11) is 0. The van der Waals surface area contributed by atoms with Crippen molar-refractivity contribution in [1.29, 1.82) is 0 Å². The van der Waals surface area contributed by atoms with E-state index in [1.54, 1.807) is 26.0 Å². The number of nitrogens with one attached hydrogen (secondary N) is 2. The molecule has 9 nitrogen and oxygen atoms in total. The number of carbonyl (C=O) groups excluding carboxylic acids is 4. The van der Waals surface area contributed by atoms with E-state index < -0.39 is 45.3 Å². The van der Waals surface area contributed by atoms with Gasteiger partial charge < -0.3 is 20.6 Å². The van der Waals surface area contributed by atoms with Gasteiger partial charge in [0.15, 0.2) is 5.78 Å². The maximum atomic E-state index is 13.0. The molecular formula is C19H21N3O6S. The van der Waals surface area contributed by atoms with Crippen molar-refractivity contribution < 1.29 is 29.1 Å². The molecule has 1 aromatic rings. The maximum Gasteiger partial charge on any atom is 0.327 e. The number of para-hydroxylation sites is 1. The summed E-state index contributed by atoms with van der Waals surface area (Å²) in [6, 6.07) is 5.09. The summed E-state index contributed by atoms with van der Waals surface area (Å²) >= 11 is 1.16. The van der Waals surface area contributed by atoms with Gasteiger partial charge in [0, 0.05) is 11.7 Å². The highest BCUT2D eigenvalue weighted by Crippen LogP contribution is 2.55. The standard InChI is InChI=1S/C19H21N3O6S/c1-9(23)19(16(28)22-13(15(26)27)18(3,4)29-17(19)22)21-14(25)11-7-5-6-8-12(11)20-10(2)24/h5-8,13,17H,1-4H3,(H,20,24)(H,21,25)(H,26,27)/t13-,17+,19?/m0/s1. The van der Waals surface area contributed by atoms with Gasteiger partial charge in [-0.25, -0.2) is 4.79 Å². The van der Waals surface area contributed by atoms with Gasteiger partial charge in [-0.3, -0.25) is 19.2 Å². The number of hydrogen-bond donors (Lipinski definition) is 3. The Morgan fingerprint density at radius 3 is 2.31 bits per heavy atom. The number of thioether (sulfide) groups is 1. The van der Waals surface area contributed by atoms with Gasteiger partial charge in [0.1, 0.15) is 11.4 Å². The topological polar surface area (TPSA) is 133 Å². The molecule has 2 aliphatic heterocycles. The summed E-state index contributed by atoms with van der Waals surface area (Å²) in [5.74, 6) is -3.59. The average molecular weight is 419 g/mol. The Bertz CT molecular complexity index is 946. The third-order valence-electron chi connectivity index (χ3n) is 5.13. The zero-order valence-corrected chi connectivity index (χ0v) is 17.1. The van der Waals surface area contributed by atoms with Crippen molar-refractivity contribution in [3.05, 3.63) is 29.8 Å². The predicted octanol–water partition coefficient (Wildman–Crippen LogP) is 0.849. The number of carboxylic acids is 1. The number of hydrogen-bond acceptors (Lipinski definition) is 6. The second-order valence-electron chi connectivity index (χ2n) is 7.57. The third kappa shape index (κ3) is 3.07. The molecule has 0 aliphatic carbocycles. The van der Waals surface area contributed by atoms with Crippen LogP contribution in [0.15, 0.2) is 24.3 Å². The van der Waals surface area contributed by atoms with Crippen LogP contribution in [0.1, 0.15) is 38.1 Å². The molecule has 2 fully saturated rings. The van der Waals surface area contributed by atoms with Gasteiger partial charge in [0.05, 0.1) is 11.3 Å². The Labute approximate surface area is 171 Å². The lowest BCUT2D eigenvalue weighted by atomic mass is 9.81. The number of carboxylic acid groups (broad SMARTS) is 1. The van der Waals surface area contributed by atoms with Crippen LogP contribution in [-0.2, 0) is 19.2 Å². The Kier molecular flexibility index (Phi) is 4.94. The quantitative estimate of drug-likeness (QED) is 0.476. The monoisotopic (exact) mass is 419 g/mol. The summed E-state index contributed by atoms with van der Waals surface area (Å²) in [5, 5.41) is 13.8. The molecular weight excluding hydrogens is 398 g/mol. The fourth-order valence-corrected chi connectivity index (χ4v) is 5.57. The van der Waals surface area contributed by atoms with Crippen LogP contribution in [0.4, 0.5) is 5.69 Å². The van der Waals surface area contributed by atoms with Crippen LogP contribution in [0, 0.1) is 0 Å². The molecule has 29 heavy (non-hydrogen) atoms. The molecule has 10 heteroatoms. The van der Waals surface area contributed by atoms with Gasteiger partial charge in [-0.2, -0.15) is 0 Å². The number of carbonyl (C=O) groups is 5. The molecule has 1 aromatic carbocycles. The van der Waals surface area contributed by atoms with E-state index in [1.807, 2.05) is 0 Å². The maximum absolute atomic E-state index is 13.0. The number of nitrogens with zero attached hydrogens (tertiary/aromatic N) is 1. The van der Waals surface area contributed by atoms with Crippen molar-refractivity contribution in [3.63, 3.8) is 0 Å². The number of fused-ring (bicyclic) bond motifs is 1. The molecule has 0 saturated carbocycles. The summed E-state index contributed by atoms with van der Waals surface area (Å²) in [6.07, 6.45) is 0. The predicted molar refractivity (Wildman–Crippen MR) is 105 cm³/mol. The number of Topliss-reactive ketones (excluding diaryl/α,β-unsaturated/α-hetero) is 1. The molecule has 0 radical (unpaired) electrons. The first-order chi connectivity index (χ1) is 13.4. The van der Waals surface area contributed by atoms with E-state index in [0.717, 1.165) is 16.7 Å². The van der Waals surface area contributed by atoms with Gasteiger partial charge in [0.2, 0.25) is 11.4 Å². The molecule has 0 spiro atoms. The molecule has 1 unspecified atom stereocenters. The SMILES string of the molecule is CC(=O)Nc1ccccc1C(=O)NC1(C(C)=O)C(=O)N2[C@@H](C(=O)O)C(C)(C)S[C@@H]21. The minimum absolute atomic E-state index is 0.0895. The van der Waals surface area contributed by atoms with Crippen molar-refractivity contribution in [2.75, 3.05) is 5.32 Å². The van der Waals surface area contributed by atoms with E-state index in [4.69, 9.17) is 0 Å². The number of ketones is 1. The third-order valence-corrected chi connectivity index (χ3v) is 6.76. The van der Waals surface area contributed by atoms with Crippen molar-refractivity contribution in [2.45, 2.75) is 49.4 Å². The minimum atomic E-state index is -1.85. The van der Waals surface area contributed by atoms with Crippen LogP contribution in [0.25, 0.3) is 0 Å². The Morgan fingerprint density at radius 1 is 1.14 bits per heavy atom. The molecule has 3 amide bonds. The van der Waals surface area contributed by atoms with Crippen LogP contribution in [-0.4, -0.2) is 61.2 Å². The van der Waals surface area contributed by atoms with Gasteiger partial charge in [-0.15, -0.1) is 11.8 Å². The van der Waals surface area contributed by atoms with E-state index in [-0.39, 0.29) is 17.2 Å². The Hall–Kier alpha value is -2.88. The molecule has 2 heterocycles. The van der Waals surface area contributed by atoms with Crippen LogP contribution in [0.2, 0.25) is 0 Å². The van der Waals surface area contributed by atoms with Crippen LogP contribution >= 0.6 is 11.8 Å². The first-order valence-electron chi connectivity index (χ1n) is 8.87. The number of β-lactam (4-membered cyclic amide) rings is 1. The van der Waals surface area contributed by atoms with E-state index >= 15 is 0 Å². The van der Waals surface area contributed by atoms with Crippen LogP contribution in [0.5, 0.6) is 0 Å². The molecule has 3 rings (SSSR count). The van der Waals surface area contributed by atoms with E-state index in [2.05, 4.69) is 10.6 Å². The van der Waals surface area contributed by atoms with E-state index in [9.17, 15) is 29.1 Å². The van der Waals surface area contributed by atoms with Crippen molar-refractivity contribution in [3.8, 4) is 0 Å². The van der Waals surface area contributed by atoms with Crippen LogP contribution in [0.3, 0.4) is 0 Å². The lowest BCUT2D eigenvalue weighted by Crippen LogP contribution is -2.82. The second kappa shape index (κ2) is 6.87. The highest BCUT2D eigenvalue weighted by molar-refractivity contribution is 8.01. The molecule has 3 atom stereocenters. The van der Waals surface area contributed by atoms with Crippen molar-refractivity contribution in [1.82, 2.24) is 10.2 Å². The normalized spacial score (nSPS) is 26.9. The number of rotatable bonds is 5. The largest absolute Gasteiger partial charge is 0.480 e. The van der Waals surface area contributed by atoms with Gasteiger partial charge in [-0.1, -0.05) is 12.1 Å². The molecule has 2 aliphatic rings. The summed E-state index contributed by atoms with van der Waals surface area (Å²) in [5.41, 5.74) is -1.53. The Morgan fingerprint density at radius 2 is 1.76 bits per heavy atom. The van der Waals surface area contributed by atoms with Gasteiger partial charge in [0.25, 0.3) is 11.8 Å². The van der Waals surface area contributed by atoms with Crippen molar-refractivity contribution >= 4 is 46.9 Å². The Balaban J connectivity index is 1.96. The first kappa shape index (κ1) is 20.8. The minimum Gasteiger partial charge on any atom is -0.480 e. The molecule has 2 saturated heterocycles. The average Bonchev–Trinajstić information content (AvgIpc) is 2.87. The molecule has 0 bridgehead atoms. The first-order valence-corrected chi connectivity index (χ1v) is 9.75. The van der Waals surface area contributed by atoms with E-state index in [1.165, 1.54) is 26.0 Å². The smallest absolute Gasteiger partial charge is 0.327 e. The lowest BCUT2D eigenvalue weighted by Gasteiger charge is -2.51. The van der Waals surface area contributed by atoms with Crippen LogP contribution < -0.4 is 10.6 Å². The summed E-state index contributed by atoms with van der Waals surface area (Å²) in [4.78, 5) is 62.7. The lowest BCUT2D eigenvalue weighted by molar-refractivity contribution is -0.170. The molecule has 0 aromatic heterocycles. The highest BCUT2D eigenvalue weighted by Gasteiger charge is 2.74. The van der Waals surface area contributed by atoms with E-state index in [0.29, 0.717) is 0 Å². The fourth-order valence-electron chi connectivity index (χ4n) is 3.81. The summed E-state index contributed by atoms with van der Waals surface area (Å²) in [6.45, 7) is 5.85. The summed E-state index contributed by atoms with van der Waals surface area (Å²) < 4.78 is -0.845. The molecule has 3 N–H and O–H groups in total. The molecule has 154 valence electrons. The zero-order valence-electron chi connectivity index (χ0n) is 16.3. The number of benzene rings is 1. The van der Waals surface area contributed by atoms with Crippen molar-refractivity contribution in [2.24, 2.45) is 0 Å². The number of anilines is 1. The van der Waals surface area contributed by atoms with Gasteiger partial charge in [-0.05, 0) is 32.9 Å². The van der Waals surface area contributed by atoms with Gasteiger partial charge >= 0.3 is 5.97 Å². The second-order valence-corrected chi connectivity index (χ2v) is 9.31.